The molecule has 1 aromatic rings. The maximum atomic E-state index is 12.6. The number of hydrogen-bond acceptors (Lipinski definition) is 5. The third kappa shape index (κ3) is 4.52. The number of hydrogen-bond donors (Lipinski definition) is 1. The summed E-state index contributed by atoms with van der Waals surface area (Å²) >= 11 is 0. The highest BCUT2D eigenvalue weighted by Gasteiger charge is 2.29. The summed E-state index contributed by atoms with van der Waals surface area (Å²) in [7, 11) is 0. The van der Waals surface area contributed by atoms with Crippen molar-refractivity contribution < 1.29 is 14.3 Å². The Kier molecular flexibility index (Phi) is 6.08. The van der Waals surface area contributed by atoms with Gasteiger partial charge in [-0.05, 0) is 25.0 Å². The molecule has 2 aliphatic rings. The molecule has 0 aliphatic carbocycles. The molecular weight excluding hydrogens is 332 g/mol. The third-order valence-corrected chi connectivity index (χ3v) is 4.95. The molecule has 0 saturated carbocycles. The molecule has 1 N–H and O–H groups in total. The lowest BCUT2D eigenvalue weighted by molar-refractivity contribution is -0.137. The Morgan fingerprint density at radius 2 is 2.00 bits per heavy atom. The van der Waals surface area contributed by atoms with Gasteiger partial charge < -0.3 is 19.9 Å². The molecule has 2 fully saturated rings. The monoisotopic (exact) mass is 360 g/mol. The lowest BCUT2D eigenvalue weighted by atomic mass is 9.96. The maximum absolute atomic E-state index is 12.6. The number of ether oxygens (including phenoxy) is 1. The molecule has 1 unspecified atom stereocenters. The number of nitrogens with one attached hydrogen (secondary N) is 1. The summed E-state index contributed by atoms with van der Waals surface area (Å²) in [6.07, 6.45) is 3.38. The number of anilines is 2. The lowest BCUT2D eigenvalue weighted by Crippen LogP contribution is -2.45. The van der Waals surface area contributed by atoms with E-state index in [0.29, 0.717) is 25.4 Å². The van der Waals surface area contributed by atoms with E-state index in [1.807, 2.05) is 30.9 Å². The number of aromatic nitrogens is 1. The normalized spacial score (nSPS) is 21.0. The molecule has 2 amide bonds. The van der Waals surface area contributed by atoms with E-state index in [1.165, 1.54) is 0 Å². The first-order valence-electron chi connectivity index (χ1n) is 9.43. The van der Waals surface area contributed by atoms with Crippen LogP contribution in [0.4, 0.5) is 11.5 Å². The first-order chi connectivity index (χ1) is 12.5. The van der Waals surface area contributed by atoms with Crippen LogP contribution in [-0.2, 0) is 14.3 Å². The van der Waals surface area contributed by atoms with Gasteiger partial charge in [0, 0.05) is 32.1 Å². The van der Waals surface area contributed by atoms with Gasteiger partial charge in [0.2, 0.25) is 11.8 Å². The van der Waals surface area contributed by atoms with Gasteiger partial charge in [0.25, 0.3) is 0 Å². The Morgan fingerprint density at radius 3 is 2.65 bits per heavy atom. The summed E-state index contributed by atoms with van der Waals surface area (Å²) in [5.41, 5.74) is 0.694. The van der Waals surface area contributed by atoms with Crippen LogP contribution in [0, 0.1) is 11.8 Å². The summed E-state index contributed by atoms with van der Waals surface area (Å²) in [4.78, 5) is 33.2. The van der Waals surface area contributed by atoms with E-state index in [-0.39, 0.29) is 23.7 Å². The molecule has 1 atom stereocenters. The first kappa shape index (κ1) is 18.6. The highest BCUT2D eigenvalue weighted by molar-refractivity contribution is 5.93. The number of morpholine rings is 1. The van der Waals surface area contributed by atoms with E-state index >= 15 is 0 Å². The Hall–Kier alpha value is -2.15. The quantitative estimate of drug-likeness (QED) is 0.885. The molecule has 142 valence electrons. The van der Waals surface area contributed by atoms with Crippen LogP contribution in [0.3, 0.4) is 0 Å². The van der Waals surface area contributed by atoms with Crippen molar-refractivity contribution in [2.24, 2.45) is 11.8 Å². The van der Waals surface area contributed by atoms with Crippen molar-refractivity contribution in [3.05, 3.63) is 18.3 Å². The molecule has 2 saturated heterocycles. The molecule has 7 heteroatoms. The number of piperidine rings is 1. The number of rotatable bonds is 4. The molecule has 7 nitrogen and oxygen atoms in total. The number of carbonyl (C=O) groups excluding carboxylic acids is 2. The summed E-state index contributed by atoms with van der Waals surface area (Å²) in [6, 6.07) is 3.81. The van der Waals surface area contributed by atoms with Crippen LogP contribution in [0.2, 0.25) is 0 Å². The first-order valence-corrected chi connectivity index (χ1v) is 9.43. The fourth-order valence-electron chi connectivity index (χ4n) is 3.44. The van der Waals surface area contributed by atoms with Gasteiger partial charge in [0.1, 0.15) is 5.82 Å². The molecule has 1 aromatic heterocycles. The molecule has 0 spiro atoms. The zero-order chi connectivity index (χ0) is 18.5. The van der Waals surface area contributed by atoms with Crippen LogP contribution >= 0.6 is 0 Å². The second kappa shape index (κ2) is 8.49. The molecule has 0 aromatic carbocycles. The average Bonchev–Trinajstić information content (AvgIpc) is 2.68. The van der Waals surface area contributed by atoms with Gasteiger partial charge in [-0.2, -0.15) is 0 Å². The van der Waals surface area contributed by atoms with Crippen molar-refractivity contribution in [2.45, 2.75) is 26.7 Å². The van der Waals surface area contributed by atoms with Crippen LogP contribution < -0.4 is 10.2 Å². The van der Waals surface area contributed by atoms with Crippen LogP contribution in [0.5, 0.6) is 0 Å². The van der Waals surface area contributed by atoms with E-state index in [0.717, 1.165) is 38.3 Å². The second-order valence-electron chi connectivity index (χ2n) is 7.27. The summed E-state index contributed by atoms with van der Waals surface area (Å²) in [5.74, 6) is 0.794. The lowest BCUT2D eigenvalue weighted by Gasteiger charge is -2.33. The standard InChI is InChI=1S/C19H28N4O3/c1-14(2)19(25)23-7-3-4-15(13-23)18(24)21-16-5-6-17(20-12-16)22-8-10-26-11-9-22/h5-6,12,14-15H,3-4,7-11,13H2,1-2H3,(H,21,24). The predicted octanol–water partition coefficient (Wildman–Crippen LogP) is 1.75. The minimum absolute atomic E-state index is 0.0336. The number of likely N-dealkylation sites (tertiary alicyclic amines) is 1. The predicted molar refractivity (Wildman–Crippen MR) is 100 cm³/mol. The van der Waals surface area contributed by atoms with E-state index in [4.69, 9.17) is 4.74 Å². The molecule has 26 heavy (non-hydrogen) atoms. The fourth-order valence-corrected chi connectivity index (χ4v) is 3.44. The van der Waals surface area contributed by atoms with Gasteiger partial charge in [-0.3, -0.25) is 9.59 Å². The summed E-state index contributed by atoms with van der Waals surface area (Å²) < 4.78 is 5.35. The van der Waals surface area contributed by atoms with Crippen molar-refractivity contribution in [2.75, 3.05) is 49.6 Å². The zero-order valence-corrected chi connectivity index (χ0v) is 15.6. The number of amides is 2. The van der Waals surface area contributed by atoms with E-state index in [1.54, 1.807) is 6.20 Å². The molecule has 0 bridgehead atoms. The SMILES string of the molecule is CC(C)C(=O)N1CCCC(C(=O)Nc2ccc(N3CCOCC3)nc2)C1. The molecule has 2 aliphatic heterocycles. The van der Waals surface area contributed by atoms with Crippen molar-refractivity contribution >= 4 is 23.3 Å². The van der Waals surface area contributed by atoms with Crippen molar-refractivity contribution in [3.8, 4) is 0 Å². The van der Waals surface area contributed by atoms with Gasteiger partial charge in [-0.15, -0.1) is 0 Å². The number of pyridine rings is 1. The smallest absolute Gasteiger partial charge is 0.229 e. The minimum Gasteiger partial charge on any atom is -0.378 e. The molecular formula is C19H28N4O3. The van der Waals surface area contributed by atoms with Gasteiger partial charge in [0.15, 0.2) is 0 Å². The van der Waals surface area contributed by atoms with E-state index in [2.05, 4.69) is 15.2 Å². The Bertz CT molecular complexity index is 626. The van der Waals surface area contributed by atoms with E-state index in [9.17, 15) is 9.59 Å². The second-order valence-corrected chi connectivity index (χ2v) is 7.27. The van der Waals surface area contributed by atoms with Gasteiger partial charge in [-0.1, -0.05) is 13.8 Å². The topological polar surface area (TPSA) is 74.8 Å². The molecule has 3 heterocycles. The van der Waals surface area contributed by atoms with Crippen LogP contribution in [0.1, 0.15) is 26.7 Å². The highest BCUT2D eigenvalue weighted by Crippen LogP contribution is 2.21. The Balaban J connectivity index is 1.56. The van der Waals surface area contributed by atoms with Crippen molar-refractivity contribution in [3.63, 3.8) is 0 Å². The summed E-state index contributed by atoms with van der Waals surface area (Å²) in [6.45, 7) is 8.14. The fraction of sp³-hybridized carbons (Fsp3) is 0.632. The maximum Gasteiger partial charge on any atom is 0.229 e. The van der Waals surface area contributed by atoms with Crippen LogP contribution in [0.25, 0.3) is 0 Å². The minimum atomic E-state index is -0.162. The Labute approximate surface area is 154 Å². The van der Waals surface area contributed by atoms with Gasteiger partial charge in [-0.25, -0.2) is 4.98 Å². The van der Waals surface area contributed by atoms with Crippen LogP contribution in [0.15, 0.2) is 18.3 Å². The Morgan fingerprint density at radius 1 is 1.23 bits per heavy atom. The number of carbonyl (C=O) groups is 2. The third-order valence-electron chi connectivity index (χ3n) is 4.95. The van der Waals surface area contributed by atoms with E-state index < -0.39 is 0 Å². The van der Waals surface area contributed by atoms with Crippen LogP contribution in [-0.4, -0.2) is 61.1 Å². The molecule has 3 rings (SSSR count). The van der Waals surface area contributed by atoms with Crippen molar-refractivity contribution in [1.29, 1.82) is 0 Å². The largest absolute Gasteiger partial charge is 0.378 e. The zero-order valence-electron chi connectivity index (χ0n) is 15.6. The average molecular weight is 360 g/mol. The van der Waals surface area contributed by atoms with Crippen molar-refractivity contribution in [1.82, 2.24) is 9.88 Å². The number of nitrogens with zero attached hydrogens (tertiary/aromatic N) is 3. The van der Waals surface area contributed by atoms with Gasteiger partial charge in [0.05, 0.1) is 31.0 Å². The molecule has 0 radical (unpaired) electrons. The summed E-state index contributed by atoms with van der Waals surface area (Å²) in [5, 5.41) is 2.95. The van der Waals surface area contributed by atoms with Gasteiger partial charge >= 0.3 is 0 Å². The highest BCUT2D eigenvalue weighted by atomic mass is 16.5.